The van der Waals surface area contributed by atoms with Crippen molar-refractivity contribution in [2.45, 2.75) is 26.9 Å². The molecule has 0 aromatic carbocycles. The Morgan fingerprint density at radius 1 is 0.655 bits per heavy atom. The molecular weight excluding hydrogens is 366 g/mol. The summed E-state index contributed by atoms with van der Waals surface area (Å²) in [7, 11) is 0. The lowest BCUT2D eigenvalue weighted by Crippen LogP contribution is -2.22. The Morgan fingerprint density at radius 3 is 1.62 bits per heavy atom. The van der Waals surface area contributed by atoms with Crippen LogP contribution < -0.4 is 0 Å². The van der Waals surface area contributed by atoms with Crippen molar-refractivity contribution >= 4 is 0 Å². The molecule has 0 atom stereocenters. The zero-order chi connectivity index (χ0) is 22.4. The van der Waals surface area contributed by atoms with Gasteiger partial charge >= 0.3 is 6.11 Å². The van der Waals surface area contributed by atoms with Crippen LogP contribution in [-0.2, 0) is 4.74 Å². The van der Waals surface area contributed by atoms with Gasteiger partial charge in [-0.05, 0) is 50.1 Å². The maximum absolute atomic E-state index is 14.5. The molecule has 0 saturated heterocycles. The van der Waals surface area contributed by atoms with Crippen molar-refractivity contribution in [3.8, 4) is 0 Å². The summed E-state index contributed by atoms with van der Waals surface area (Å²) in [4.78, 5) is 0. The number of ether oxygens (including phenoxy) is 1. The van der Waals surface area contributed by atoms with E-state index in [0.717, 1.165) is 22.8 Å². The molecule has 0 aromatic heterocycles. The van der Waals surface area contributed by atoms with Gasteiger partial charge in [0.15, 0.2) is 0 Å². The van der Waals surface area contributed by atoms with E-state index in [-0.39, 0.29) is 11.3 Å². The second kappa shape index (κ2) is 13.1. The molecule has 0 bridgehead atoms. The van der Waals surface area contributed by atoms with Crippen LogP contribution in [0.25, 0.3) is 0 Å². The quantitative estimate of drug-likeness (QED) is 0.239. The molecule has 0 heterocycles. The standard InChI is InChI=1S/C26H30F2O/c1-9-21(8)15-16-22(10-2)23(11-3)17-19-25(13-5)29-26(27,28)24(12-4)18-14-20(6)7/h9-19H,1-5H2,6-8H3/b21-15-,22-16+,23-17+,24-18+,25-19+. The fraction of sp³-hybridized carbons (Fsp3) is 0.154. The van der Waals surface area contributed by atoms with Gasteiger partial charge in [-0.3, -0.25) is 0 Å². The lowest BCUT2D eigenvalue weighted by molar-refractivity contribution is -0.176. The molecule has 29 heavy (non-hydrogen) atoms. The van der Waals surface area contributed by atoms with Gasteiger partial charge in [0, 0.05) is 0 Å². The number of allylic oxidation sites excluding steroid dienone is 14. The summed E-state index contributed by atoms with van der Waals surface area (Å²) in [6.07, 6.45) is 13.3. The van der Waals surface area contributed by atoms with Crippen molar-refractivity contribution in [3.05, 3.63) is 133 Å². The Labute approximate surface area is 174 Å². The highest BCUT2D eigenvalue weighted by molar-refractivity contribution is 5.49. The fourth-order valence-electron chi connectivity index (χ4n) is 1.92. The molecule has 0 radical (unpaired) electrons. The summed E-state index contributed by atoms with van der Waals surface area (Å²) in [5, 5.41) is 0. The highest BCUT2D eigenvalue weighted by Crippen LogP contribution is 2.30. The molecule has 0 aliphatic heterocycles. The molecule has 0 N–H and O–H groups in total. The van der Waals surface area contributed by atoms with E-state index in [0.29, 0.717) is 5.57 Å². The lowest BCUT2D eigenvalue weighted by atomic mass is 10.0. The normalized spacial score (nSPS) is 14.0. The Hall–Kier alpha value is -3.20. The topological polar surface area (TPSA) is 9.23 Å². The van der Waals surface area contributed by atoms with Crippen LogP contribution in [0.1, 0.15) is 20.8 Å². The van der Waals surface area contributed by atoms with Crippen molar-refractivity contribution in [1.82, 2.24) is 0 Å². The number of hydrogen-bond acceptors (Lipinski definition) is 1. The van der Waals surface area contributed by atoms with Gasteiger partial charge in [-0.25, -0.2) is 0 Å². The van der Waals surface area contributed by atoms with Crippen molar-refractivity contribution in [3.63, 3.8) is 0 Å². The minimum Gasteiger partial charge on any atom is -0.429 e. The van der Waals surface area contributed by atoms with Crippen molar-refractivity contribution in [1.29, 1.82) is 0 Å². The van der Waals surface area contributed by atoms with Gasteiger partial charge in [-0.2, -0.15) is 8.78 Å². The molecule has 154 valence electrons. The first-order valence-corrected chi connectivity index (χ1v) is 9.00. The maximum Gasteiger partial charge on any atom is 0.426 e. The van der Waals surface area contributed by atoms with Crippen LogP contribution in [0.5, 0.6) is 0 Å². The van der Waals surface area contributed by atoms with Crippen molar-refractivity contribution in [2.75, 3.05) is 0 Å². The Bertz CT molecular complexity index is 821. The van der Waals surface area contributed by atoms with Crippen molar-refractivity contribution in [2.24, 2.45) is 0 Å². The van der Waals surface area contributed by atoms with E-state index in [2.05, 4.69) is 32.9 Å². The summed E-state index contributed by atoms with van der Waals surface area (Å²) in [5.41, 5.74) is 2.95. The average molecular weight is 397 g/mol. The van der Waals surface area contributed by atoms with E-state index < -0.39 is 6.11 Å². The summed E-state index contributed by atoms with van der Waals surface area (Å²) in [6, 6.07) is 0. The van der Waals surface area contributed by atoms with E-state index in [1.807, 2.05) is 32.9 Å². The van der Waals surface area contributed by atoms with Gasteiger partial charge in [0.1, 0.15) is 5.76 Å². The SMILES string of the molecule is C=C\C(C)=C/C=C(C=C)/C(C=C)=C/C=C(\C=C)OC(F)(F)/C(C=C)=C/C=C(C)C. The van der Waals surface area contributed by atoms with Gasteiger partial charge in [-0.1, -0.05) is 92.6 Å². The molecular formula is C26H30F2O. The molecule has 0 aliphatic carbocycles. The van der Waals surface area contributed by atoms with Gasteiger partial charge in [-0.15, -0.1) is 0 Å². The third-order valence-corrected chi connectivity index (χ3v) is 3.65. The Kier molecular flexibility index (Phi) is 11.6. The summed E-state index contributed by atoms with van der Waals surface area (Å²) in [6.45, 7) is 23.8. The minimum absolute atomic E-state index is 0.0967. The first kappa shape index (κ1) is 25.8. The zero-order valence-corrected chi connectivity index (χ0v) is 17.6. The molecule has 0 aromatic rings. The highest BCUT2D eigenvalue weighted by Gasteiger charge is 2.35. The molecule has 0 saturated carbocycles. The predicted molar refractivity (Wildman–Crippen MR) is 123 cm³/mol. The summed E-state index contributed by atoms with van der Waals surface area (Å²) >= 11 is 0. The average Bonchev–Trinajstić information content (AvgIpc) is 2.68. The van der Waals surface area contributed by atoms with E-state index >= 15 is 0 Å². The summed E-state index contributed by atoms with van der Waals surface area (Å²) in [5.74, 6) is -0.0967. The van der Waals surface area contributed by atoms with Crippen LogP contribution in [0, 0.1) is 0 Å². The molecule has 0 aliphatic rings. The third-order valence-electron chi connectivity index (χ3n) is 3.65. The second-order valence-corrected chi connectivity index (χ2v) is 6.23. The van der Waals surface area contributed by atoms with E-state index in [1.165, 1.54) is 18.2 Å². The molecule has 0 unspecified atom stereocenters. The minimum atomic E-state index is -3.56. The van der Waals surface area contributed by atoms with Crippen LogP contribution >= 0.6 is 0 Å². The van der Waals surface area contributed by atoms with Gasteiger partial charge in [0.05, 0.1) is 5.57 Å². The Balaban J connectivity index is 5.92. The van der Waals surface area contributed by atoms with Crippen LogP contribution in [0.2, 0.25) is 0 Å². The molecule has 1 nitrogen and oxygen atoms in total. The summed E-state index contributed by atoms with van der Waals surface area (Å²) < 4.78 is 33.9. The Morgan fingerprint density at radius 2 is 1.21 bits per heavy atom. The van der Waals surface area contributed by atoms with E-state index in [1.54, 1.807) is 30.4 Å². The van der Waals surface area contributed by atoms with Crippen LogP contribution in [0.3, 0.4) is 0 Å². The molecule has 0 amide bonds. The second-order valence-electron chi connectivity index (χ2n) is 6.23. The first-order chi connectivity index (χ1) is 13.6. The molecule has 3 heteroatoms. The first-order valence-electron chi connectivity index (χ1n) is 9.00. The molecule has 0 spiro atoms. The third kappa shape index (κ3) is 9.52. The highest BCUT2D eigenvalue weighted by atomic mass is 19.3. The van der Waals surface area contributed by atoms with Crippen molar-refractivity contribution < 1.29 is 13.5 Å². The van der Waals surface area contributed by atoms with Gasteiger partial charge in [0.2, 0.25) is 0 Å². The van der Waals surface area contributed by atoms with Gasteiger partial charge < -0.3 is 4.74 Å². The van der Waals surface area contributed by atoms with Crippen LogP contribution in [0.15, 0.2) is 133 Å². The van der Waals surface area contributed by atoms with Gasteiger partial charge in [0.25, 0.3) is 0 Å². The maximum atomic E-state index is 14.5. The molecule has 0 rings (SSSR count). The number of hydrogen-bond donors (Lipinski definition) is 0. The van der Waals surface area contributed by atoms with E-state index in [4.69, 9.17) is 4.74 Å². The largest absolute Gasteiger partial charge is 0.429 e. The fourth-order valence-corrected chi connectivity index (χ4v) is 1.92. The monoisotopic (exact) mass is 396 g/mol. The zero-order valence-electron chi connectivity index (χ0n) is 17.6. The lowest BCUT2D eigenvalue weighted by Gasteiger charge is -2.19. The van der Waals surface area contributed by atoms with Crippen LogP contribution in [-0.4, -0.2) is 6.11 Å². The number of rotatable bonds is 12. The smallest absolute Gasteiger partial charge is 0.426 e. The van der Waals surface area contributed by atoms with Crippen LogP contribution in [0.4, 0.5) is 8.78 Å². The molecule has 0 fully saturated rings. The van der Waals surface area contributed by atoms with E-state index in [9.17, 15) is 8.78 Å². The predicted octanol–water partition coefficient (Wildman–Crippen LogP) is 8.10. The number of alkyl halides is 2. The number of halogens is 2.